The first-order valence-corrected chi connectivity index (χ1v) is 10.5. The van der Waals surface area contributed by atoms with Crippen LogP contribution in [-0.4, -0.2) is 46.2 Å². The van der Waals surface area contributed by atoms with Crippen molar-refractivity contribution in [2.45, 2.75) is 30.4 Å². The second kappa shape index (κ2) is 8.89. The van der Waals surface area contributed by atoms with Gasteiger partial charge < -0.3 is 14.2 Å². The Bertz CT molecular complexity index is 913. The molecule has 0 amide bonds. The molecule has 0 spiro atoms. The molecule has 1 fully saturated rings. The fraction of sp³-hybridized carbons (Fsp3) is 0.400. The maximum atomic E-state index is 13.6. The summed E-state index contributed by atoms with van der Waals surface area (Å²) in [5.41, 5.74) is 0.559. The fourth-order valence-electron chi connectivity index (χ4n) is 3.23. The van der Waals surface area contributed by atoms with Gasteiger partial charge in [0.1, 0.15) is 22.2 Å². The minimum atomic E-state index is -3.95. The molecule has 2 aromatic carbocycles. The van der Waals surface area contributed by atoms with Crippen LogP contribution in [0.2, 0.25) is 0 Å². The quantitative estimate of drug-likeness (QED) is 0.670. The van der Waals surface area contributed by atoms with E-state index in [1.807, 2.05) is 0 Å². The van der Waals surface area contributed by atoms with Crippen LogP contribution in [0.4, 0.5) is 4.39 Å². The van der Waals surface area contributed by atoms with Crippen LogP contribution in [0.5, 0.6) is 11.5 Å². The van der Waals surface area contributed by atoms with Crippen LogP contribution >= 0.6 is 0 Å². The first-order chi connectivity index (χ1) is 13.4. The molecule has 6 nitrogen and oxygen atoms in total. The number of benzene rings is 2. The summed E-state index contributed by atoms with van der Waals surface area (Å²) in [5.74, 6) is 0.213. The van der Waals surface area contributed by atoms with Crippen LogP contribution in [0, 0.1) is 5.82 Å². The normalized spacial score (nSPS) is 17.1. The van der Waals surface area contributed by atoms with Gasteiger partial charge in [-0.05, 0) is 42.7 Å². The van der Waals surface area contributed by atoms with Gasteiger partial charge in [-0.25, -0.2) is 12.8 Å². The van der Waals surface area contributed by atoms with E-state index in [0.717, 1.165) is 12.8 Å². The van der Waals surface area contributed by atoms with E-state index in [-0.39, 0.29) is 29.8 Å². The van der Waals surface area contributed by atoms with E-state index in [9.17, 15) is 12.8 Å². The Morgan fingerprint density at radius 3 is 2.64 bits per heavy atom. The van der Waals surface area contributed by atoms with Gasteiger partial charge in [0, 0.05) is 25.8 Å². The lowest BCUT2D eigenvalue weighted by molar-refractivity contribution is 0.0925. The Hall–Kier alpha value is -2.16. The predicted octanol–water partition coefficient (Wildman–Crippen LogP) is 3.21. The van der Waals surface area contributed by atoms with Gasteiger partial charge >= 0.3 is 0 Å². The van der Waals surface area contributed by atoms with E-state index >= 15 is 0 Å². The zero-order valence-corrected chi connectivity index (χ0v) is 16.7. The van der Waals surface area contributed by atoms with E-state index in [1.54, 1.807) is 24.3 Å². The topological polar surface area (TPSA) is 65.1 Å². The van der Waals surface area contributed by atoms with Gasteiger partial charge in [-0.2, -0.15) is 4.31 Å². The second-order valence-electron chi connectivity index (χ2n) is 6.58. The SMILES string of the molecule is COc1ccc(OC)c(S(=O)(=O)N(Cc2cccc(F)c2)CC2CCCO2)c1. The summed E-state index contributed by atoms with van der Waals surface area (Å²) in [7, 11) is -1.07. The molecule has 2 aromatic rings. The van der Waals surface area contributed by atoms with Crippen molar-refractivity contribution in [3.63, 3.8) is 0 Å². The number of nitrogens with zero attached hydrogens (tertiary/aromatic N) is 1. The maximum Gasteiger partial charge on any atom is 0.247 e. The van der Waals surface area contributed by atoms with Gasteiger partial charge in [-0.3, -0.25) is 0 Å². The lowest BCUT2D eigenvalue weighted by atomic mass is 10.2. The molecular weight excluding hydrogens is 385 g/mol. The van der Waals surface area contributed by atoms with E-state index in [1.165, 1.54) is 36.7 Å². The third-order valence-electron chi connectivity index (χ3n) is 4.67. The average molecular weight is 409 g/mol. The molecule has 8 heteroatoms. The Kier molecular flexibility index (Phi) is 6.53. The lowest BCUT2D eigenvalue weighted by Gasteiger charge is -2.26. The van der Waals surface area contributed by atoms with Crippen LogP contribution in [0.15, 0.2) is 47.4 Å². The maximum absolute atomic E-state index is 13.6. The predicted molar refractivity (Wildman–Crippen MR) is 103 cm³/mol. The van der Waals surface area contributed by atoms with E-state index in [0.29, 0.717) is 17.9 Å². The first kappa shape index (κ1) is 20.6. The van der Waals surface area contributed by atoms with Gasteiger partial charge in [0.15, 0.2) is 0 Å². The molecule has 0 N–H and O–H groups in total. The molecule has 3 rings (SSSR count). The molecule has 1 unspecified atom stereocenters. The highest BCUT2D eigenvalue weighted by Gasteiger charge is 2.32. The minimum absolute atomic E-state index is 0.00347. The monoisotopic (exact) mass is 409 g/mol. The van der Waals surface area contributed by atoms with E-state index in [4.69, 9.17) is 14.2 Å². The number of halogens is 1. The summed E-state index contributed by atoms with van der Waals surface area (Å²) in [6.45, 7) is 0.820. The molecule has 1 atom stereocenters. The molecule has 152 valence electrons. The molecule has 1 aliphatic heterocycles. The van der Waals surface area contributed by atoms with Crippen LogP contribution in [0.1, 0.15) is 18.4 Å². The molecule has 1 heterocycles. The number of methoxy groups -OCH3 is 2. The third-order valence-corrected chi connectivity index (χ3v) is 6.50. The molecule has 28 heavy (non-hydrogen) atoms. The molecule has 0 aromatic heterocycles. The number of hydrogen-bond acceptors (Lipinski definition) is 5. The van der Waals surface area contributed by atoms with Gasteiger partial charge in [-0.1, -0.05) is 12.1 Å². The summed E-state index contributed by atoms with van der Waals surface area (Å²) in [5, 5.41) is 0. The van der Waals surface area contributed by atoms with Gasteiger partial charge in [0.25, 0.3) is 0 Å². The van der Waals surface area contributed by atoms with Crippen molar-refractivity contribution >= 4 is 10.0 Å². The second-order valence-corrected chi connectivity index (χ2v) is 8.49. The third kappa shape index (κ3) is 4.63. The highest BCUT2D eigenvalue weighted by molar-refractivity contribution is 7.89. The number of sulfonamides is 1. The van der Waals surface area contributed by atoms with E-state index in [2.05, 4.69) is 0 Å². The number of hydrogen-bond donors (Lipinski definition) is 0. The van der Waals surface area contributed by atoms with Gasteiger partial charge in [0.2, 0.25) is 10.0 Å². The fourth-order valence-corrected chi connectivity index (χ4v) is 4.86. The van der Waals surface area contributed by atoms with Crippen molar-refractivity contribution in [2.24, 2.45) is 0 Å². The summed E-state index contributed by atoms with van der Waals surface area (Å²) in [6, 6.07) is 10.5. The van der Waals surface area contributed by atoms with Crippen molar-refractivity contribution in [1.29, 1.82) is 0 Å². The highest BCUT2D eigenvalue weighted by atomic mass is 32.2. The van der Waals surface area contributed by atoms with Crippen molar-refractivity contribution in [2.75, 3.05) is 27.4 Å². The summed E-state index contributed by atoms with van der Waals surface area (Å²) in [6.07, 6.45) is 1.48. The Morgan fingerprint density at radius 1 is 1.18 bits per heavy atom. The smallest absolute Gasteiger partial charge is 0.247 e. The zero-order valence-electron chi connectivity index (χ0n) is 15.9. The molecule has 0 radical (unpaired) electrons. The first-order valence-electron chi connectivity index (χ1n) is 9.02. The van der Waals surface area contributed by atoms with Crippen molar-refractivity contribution in [3.8, 4) is 11.5 Å². The Labute approximate surface area is 164 Å². The van der Waals surface area contributed by atoms with Crippen LogP contribution in [0.3, 0.4) is 0 Å². The van der Waals surface area contributed by atoms with Crippen molar-refractivity contribution in [3.05, 3.63) is 53.8 Å². The van der Waals surface area contributed by atoms with Crippen LogP contribution in [0.25, 0.3) is 0 Å². The van der Waals surface area contributed by atoms with Crippen molar-refractivity contribution < 1.29 is 27.0 Å². The summed E-state index contributed by atoms with van der Waals surface area (Å²) >= 11 is 0. The van der Waals surface area contributed by atoms with Gasteiger partial charge in [0.05, 0.1) is 20.3 Å². The lowest BCUT2D eigenvalue weighted by Crippen LogP contribution is -2.37. The average Bonchev–Trinajstić information content (AvgIpc) is 3.20. The van der Waals surface area contributed by atoms with Gasteiger partial charge in [-0.15, -0.1) is 0 Å². The van der Waals surface area contributed by atoms with Crippen molar-refractivity contribution in [1.82, 2.24) is 4.31 Å². The summed E-state index contributed by atoms with van der Waals surface area (Å²) in [4.78, 5) is 0.00347. The largest absolute Gasteiger partial charge is 0.497 e. The zero-order chi connectivity index (χ0) is 20.1. The Morgan fingerprint density at radius 2 is 2.00 bits per heavy atom. The summed E-state index contributed by atoms with van der Waals surface area (Å²) < 4.78 is 58.0. The molecule has 0 bridgehead atoms. The van der Waals surface area contributed by atoms with Crippen LogP contribution in [-0.2, 0) is 21.3 Å². The minimum Gasteiger partial charge on any atom is -0.497 e. The molecule has 0 saturated carbocycles. The van der Waals surface area contributed by atoms with Crippen LogP contribution < -0.4 is 9.47 Å². The molecule has 1 saturated heterocycles. The highest BCUT2D eigenvalue weighted by Crippen LogP contribution is 2.32. The number of ether oxygens (including phenoxy) is 3. The molecule has 0 aliphatic carbocycles. The number of rotatable bonds is 8. The standard InChI is InChI=1S/C20H24FNO5S/c1-25-17-8-9-19(26-2)20(12-17)28(23,24)22(14-18-7-4-10-27-18)13-15-5-3-6-16(21)11-15/h3,5-6,8-9,11-12,18H,4,7,10,13-14H2,1-2H3. The Balaban J connectivity index is 1.99. The molecule has 1 aliphatic rings. The van der Waals surface area contributed by atoms with E-state index < -0.39 is 15.8 Å². The molecular formula is C20H24FNO5S.